The Labute approximate surface area is 87.6 Å². The average molecular weight is 200 g/mol. The summed E-state index contributed by atoms with van der Waals surface area (Å²) in [7, 11) is 0. The topological polar surface area (TPSA) is 38.5 Å². The second-order valence-corrected chi connectivity index (χ2v) is 4.33. The van der Waals surface area contributed by atoms with Crippen LogP contribution >= 0.6 is 0 Å². The van der Waals surface area contributed by atoms with Crippen molar-refractivity contribution in [3.05, 3.63) is 0 Å². The Morgan fingerprint density at radius 1 is 1.57 bits per heavy atom. The number of nitrogens with zero attached hydrogens (tertiary/aromatic N) is 1. The fraction of sp³-hybridized carbons (Fsp3) is 1.00. The zero-order chi connectivity index (χ0) is 10.6. The van der Waals surface area contributed by atoms with Gasteiger partial charge in [-0.05, 0) is 33.2 Å². The number of hydrogen-bond donors (Lipinski definition) is 1. The van der Waals surface area contributed by atoms with Crippen LogP contribution in [0, 0.1) is 0 Å². The van der Waals surface area contributed by atoms with Crippen LogP contribution in [-0.2, 0) is 4.74 Å². The van der Waals surface area contributed by atoms with Crippen molar-refractivity contribution in [2.24, 2.45) is 5.73 Å². The van der Waals surface area contributed by atoms with E-state index in [4.69, 9.17) is 10.5 Å². The van der Waals surface area contributed by atoms with Crippen molar-refractivity contribution in [2.45, 2.75) is 51.8 Å². The third-order valence-electron chi connectivity index (χ3n) is 3.13. The van der Waals surface area contributed by atoms with Crippen LogP contribution < -0.4 is 5.73 Å². The normalized spacial score (nSPS) is 31.7. The summed E-state index contributed by atoms with van der Waals surface area (Å²) < 4.78 is 5.67. The van der Waals surface area contributed by atoms with Gasteiger partial charge in [0, 0.05) is 18.6 Å². The molecular weight excluding hydrogens is 176 g/mol. The van der Waals surface area contributed by atoms with Gasteiger partial charge < -0.3 is 10.5 Å². The maximum Gasteiger partial charge on any atom is 0.0674 e. The Bertz CT molecular complexity index is 163. The molecule has 0 saturated carbocycles. The summed E-state index contributed by atoms with van der Waals surface area (Å²) in [5, 5.41) is 0. The van der Waals surface area contributed by atoms with Crippen molar-refractivity contribution >= 4 is 0 Å². The molecule has 0 amide bonds. The van der Waals surface area contributed by atoms with Gasteiger partial charge in [0.05, 0.1) is 12.7 Å². The lowest BCUT2D eigenvalue weighted by molar-refractivity contribution is -0.0705. The van der Waals surface area contributed by atoms with E-state index in [-0.39, 0.29) is 0 Å². The van der Waals surface area contributed by atoms with Gasteiger partial charge in [0.25, 0.3) is 0 Å². The van der Waals surface area contributed by atoms with Gasteiger partial charge in [0.1, 0.15) is 0 Å². The fourth-order valence-electron chi connectivity index (χ4n) is 2.17. The number of rotatable bonds is 4. The molecule has 2 N–H and O–H groups in total. The Balaban J connectivity index is 2.51. The SMILES string of the molecule is CCC1COC(C)CN1C(C)CCN. The van der Waals surface area contributed by atoms with Crippen LogP contribution in [0.3, 0.4) is 0 Å². The lowest BCUT2D eigenvalue weighted by Crippen LogP contribution is -2.52. The van der Waals surface area contributed by atoms with Crippen LogP contribution in [-0.4, -0.2) is 42.8 Å². The van der Waals surface area contributed by atoms with E-state index >= 15 is 0 Å². The number of nitrogens with two attached hydrogens (primary N) is 1. The summed E-state index contributed by atoms with van der Waals surface area (Å²) in [4.78, 5) is 2.56. The molecule has 3 nitrogen and oxygen atoms in total. The van der Waals surface area contributed by atoms with Gasteiger partial charge in [-0.3, -0.25) is 4.90 Å². The van der Waals surface area contributed by atoms with Crippen molar-refractivity contribution in [1.29, 1.82) is 0 Å². The fourth-order valence-corrected chi connectivity index (χ4v) is 2.17. The smallest absolute Gasteiger partial charge is 0.0674 e. The quantitative estimate of drug-likeness (QED) is 0.741. The largest absolute Gasteiger partial charge is 0.376 e. The summed E-state index contributed by atoms with van der Waals surface area (Å²) in [6.45, 7) is 9.36. The van der Waals surface area contributed by atoms with Crippen molar-refractivity contribution < 1.29 is 4.74 Å². The van der Waals surface area contributed by atoms with E-state index in [1.54, 1.807) is 0 Å². The molecule has 14 heavy (non-hydrogen) atoms. The van der Waals surface area contributed by atoms with Crippen LogP contribution in [0.1, 0.15) is 33.6 Å². The van der Waals surface area contributed by atoms with E-state index in [0.29, 0.717) is 18.2 Å². The van der Waals surface area contributed by atoms with E-state index in [9.17, 15) is 0 Å². The molecule has 1 aliphatic heterocycles. The van der Waals surface area contributed by atoms with Crippen LogP contribution in [0.25, 0.3) is 0 Å². The van der Waals surface area contributed by atoms with Crippen LogP contribution in [0.4, 0.5) is 0 Å². The highest BCUT2D eigenvalue weighted by molar-refractivity contribution is 4.81. The molecule has 1 heterocycles. The predicted molar refractivity (Wildman–Crippen MR) is 59.3 cm³/mol. The third kappa shape index (κ3) is 2.94. The zero-order valence-corrected chi connectivity index (χ0v) is 9.70. The molecule has 0 radical (unpaired) electrons. The van der Waals surface area contributed by atoms with Crippen LogP contribution in [0.5, 0.6) is 0 Å². The molecule has 1 rings (SSSR count). The van der Waals surface area contributed by atoms with Gasteiger partial charge in [0.15, 0.2) is 0 Å². The molecule has 0 aromatic carbocycles. The first kappa shape index (κ1) is 12.0. The Morgan fingerprint density at radius 2 is 2.29 bits per heavy atom. The Morgan fingerprint density at radius 3 is 2.86 bits per heavy atom. The molecule has 0 aromatic heterocycles. The zero-order valence-electron chi connectivity index (χ0n) is 9.70. The monoisotopic (exact) mass is 200 g/mol. The average Bonchev–Trinajstić information content (AvgIpc) is 2.18. The Hall–Kier alpha value is -0.120. The summed E-state index contributed by atoms with van der Waals surface area (Å²) in [5.41, 5.74) is 5.60. The van der Waals surface area contributed by atoms with Gasteiger partial charge in [-0.2, -0.15) is 0 Å². The molecular formula is C11H24N2O. The molecule has 3 heteroatoms. The van der Waals surface area contributed by atoms with Crippen molar-refractivity contribution in [2.75, 3.05) is 19.7 Å². The van der Waals surface area contributed by atoms with Crippen molar-refractivity contribution in [3.63, 3.8) is 0 Å². The van der Waals surface area contributed by atoms with Gasteiger partial charge in [-0.15, -0.1) is 0 Å². The summed E-state index contributed by atoms with van der Waals surface area (Å²) in [5.74, 6) is 0. The second kappa shape index (κ2) is 5.69. The Kier molecular flexibility index (Phi) is 4.85. The maximum atomic E-state index is 5.67. The lowest BCUT2D eigenvalue weighted by atomic mass is 10.1. The predicted octanol–water partition coefficient (Wildman–Crippen LogP) is 1.22. The molecule has 1 saturated heterocycles. The molecule has 0 aliphatic carbocycles. The number of morpholine rings is 1. The number of ether oxygens (including phenoxy) is 1. The molecule has 84 valence electrons. The highest BCUT2D eigenvalue weighted by Gasteiger charge is 2.28. The first-order chi connectivity index (χ1) is 6.69. The highest BCUT2D eigenvalue weighted by atomic mass is 16.5. The van der Waals surface area contributed by atoms with Crippen molar-refractivity contribution in [1.82, 2.24) is 4.90 Å². The first-order valence-electron chi connectivity index (χ1n) is 5.76. The van der Waals surface area contributed by atoms with E-state index in [1.165, 1.54) is 6.42 Å². The van der Waals surface area contributed by atoms with Crippen LogP contribution in [0.2, 0.25) is 0 Å². The van der Waals surface area contributed by atoms with Gasteiger partial charge in [-0.1, -0.05) is 6.92 Å². The molecule has 1 aliphatic rings. The van der Waals surface area contributed by atoms with Gasteiger partial charge >= 0.3 is 0 Å². The minimum absolute atomic E-state index is 0.373. The molecule has 0 aromatic rings. The number of hydrogen-bond acceptors (Lipinski definition) is 3. The summed E-state index contributed by atoms with van der Waals surface area (Å²) >= 11 is 0. The third-order valence-corrected chi connectivity index (χ3v) is 3.13. The lowest BCUT2D eigenvalue weighted by Gasteiger charge is -2.42. The minimum Gasteiger partial charge on any atom is -0.376 e. The molecule has 1 fully saturated rings. The van der Waals surface area contributed by atoms with Gasteiger partial charge in [0.2, 0.25) is 0 Å². The molecule has 0 spiro atoms. The van der Waals surface area contributed by atoms with E-state index in [0.717, 1.165) is 26.1 Å². The van der Waals surface area contributed by atoms with Crippen molar-refractivity contribution in [3.8, 4) is 0 Å². The van der Waals surface area contributed by atoms with Gasteiger partial charge in [-0.25, -0.2) is 0 Å². The summed E-state index contributed by atoms with van der Waals surface area (Å²) in [6.07, 6.45) is 2.63. The van der Waals surface area contributed by atoms with E-state index in [1.807, 2.05) is 0 Å². The second-order valence-electron chi connectivity index (χ2n) is 4.33. The first-order valence-corrected chi connectivity index (χ1v) is 5.76. The standard InChI is InChI=1S/C11H24N2O/c1-4-11-8-14-10(3)7-13(11)9(2)5-6-12/h9-11H,4-8,12H2,1-3H3. The molecule has 0 bridgehead atoms. The summed E-state index contributed by atoms with van der Waals surface area (Å²) in [6, 6.07) is 1.18. The minimum atomic E-state index is 0.373. The highest BCUT2D eigenvalue weighted by Crippen LogP contribution is 2.18. The van der Waals surface area contributed by atoms with Crippen LogP contribution in [0.15, 0.2) is 0 Å². The van der Waals surface area contributed by atoms with E-state index in [2.05, 4.69) is 25.7 Å². The molecule has 3 atom stereocenters. The van der Waals surface area contributed by atoms with E-state index < -0.39 is 0 Å². The molecule has 3 unspecified atom stereocenters. The maximum absolute atomic E-state index is 5.67.